The van der Waals surface area contributed by atoms with E-state index in [1.165, 1.54) is 19.0 Å². The van der Waals surface area contributed by atoms with E-state index in [1.807, 2.05) is 35.2 Å². The highest BCUT2D eigenvalue weighted by Gasteiger charge is 2.38. The number of aliphatic carboxylic acids is 1. The van der Waals surface area contributed by atoms with Gasteiger partial charge in [0.25, 0.3) is 5.91 Å². The number of methoxy groups -OCH3 is 1. The van der Waals surface area contributed by atoms with Gasteiger partial charge in [0, 0.05) is 54.8 Å². The lowest BCUT2D eigenvalue weighted by Crippen LogP contribution is -2.39. The van der Waals surface area contributed by atoms with Crippen LogP contribution in [0.5, 0.6) is 11.5 Å². The molecule has 2 aliphatic rings. The normalized spacial score (nSPS) is 14.9. The summed E-state index contributed by atoms with van der Waals surface area (Å²) in [5.74, 6) is 0.283. The molecule has 48 heavy (non-hydrogen) atoms. The zero-order valence-electron chi connectivity index (χ0n) is 26.0. The van der Waals surface area contributed by atoms with Crippen LogP contribution in [0.25, 0.3) is 22.8 Å². The number of rotatable bonds is 10. The van der Waals surface area contributed by atoms with Gasteiger partial charge in [-0.3, -0.25) is 4.79 Å². The van der Waals surface area contributed by atoms with Crippen molar-refractivity contribution >= 4 is 17.7 Å². The molecule has 1 saturated carbocycles. The number of aromatic amines is 1. The van der Waals surface area contributed by atoms with Crippen molar-refractivity contribution in [3.63, 3.8) is 0 Å². The number of H-pyrrole nitrogens is 1. The highest BCUT2D eigenvalue weighted by Crippen LogP contribution is 2.31. The minimum atomic E-state index is -5.08. The van der Waals surface area contributed by atoms with Crippen molar-refractivity contribution in [1.82, 2.24) is 25.3 Å². The maximum atomic E-state index is 14.8. The van der Waals surface area contributed by atoms with Crippen molar-refractivity contribution < 1.29 is 41.7 Å². The quantitative estimate of drug-likeness (QED) is 0.180. The summed E-state index contributed by atoms with van der Waals surface area (Å²) in [6.07, 6.45) is 3.62. The molecule has 0 bridgehead atoms. The van der Waals surface area contributed by atoms with Gasteiger partial charge in [0.2, 0.25) is 0 Å². The molecule has 3 heterocycles. The van der Waals surface area contributed by atoms with Crippen LogP contribution in [0, 0.1) is 17.7 Å². The summed E-state index contributed by atoms with van der Waals surface area (Å²) >= 11 is 0. The van der Waals surface area contributed by atoms with Crippen molar-refractivity contribution in [2.24, 2.45) is 11.8 Å². The molecule has 1 saturated heterocycles. The molecule has 6 rings (SSSR count). The van der Waals surface area contributed by atoms with Crippen LogP contribution in [-0.4, -0.2) is 76.4 Å². The summed E-state index contributed by atoms with van der Waals surface area (Å²) in [5.41, 5.74) is 2.21. The Bertz CT molecular complexity index is 1710. The van der Waals surface area contributed by atoms with Crippen LogP contribution in [0.15, 0.2) is 61.1 Å². The second-order valence-electron chi connectivity index (χ2n) is 11.5. The fraction of sp³-hybridized carbons (Fsp3) is 0.364. The van der Waals surface area contributed by atoms with Crippen molar-refractivity contribution in [3.05, 3.63) is 72.4 Å². The van der Waals surface area contributed by atoms with Crippen molar-refractivity contribution in [2.45, 2.75) is 31.9 Å². The number of carboxylic acids is 1. The number of anilines is 1. The number of amides is 1. The van der Waals surface area contributed by atoms with E-state index in [0.29, 0.717) is 60.9 Å². The monoisotopic (exact) mass is 670 g/mol. The van der Waals surface area contributed by atoms with Crippen LogP contribution in [0.1, 0.15) is 36.0 Å². The lowest BCUT2D eigenvalue weighted by Gasteiger charge is -2.33. The number of ether oxygens (including phenoxy) is 2. The topological polar surface area (TPSA) is 143 Å². The number of nitrogens with one attached hydrogen (secondary N) is 2. The van der Waals surface area contributed by atoms with E-state index in [4.69, 9.17) is 19.4 Å². The zero-order chi connectivity index (χ0) is 34.3. The highest BCUT2D eigenvalue weighted by molar-refractivity contribution is 5.95. The SMILES string of the molecule is COc1cc(OCC2CC2)cc(C(=O)NCC2CCN(c3nc(-c4cccc(-c5ncc[nH]5)c4)ncc3F)CC2)c1.O=C(O)C(F)(F)F. The third-order valence-corrected chi connectivity index (χ3v) is 7.89. The molecule has 1 aliphatic carbocycles. The van der Waals surface area contributed by atoms with Gasteiger partial charge in [0.05, 0.1) is 19.9 Å². The molecule has 4 aromatic rings. The average Bonchev–Trinajstić information content (AvgIpc) is 3.76. The minimum Gasteiger partial charge on any atom is -0.497 e. The van der Waals surface area contributed by atoms with E-state index >= 15 is 0 Å². The molecule has 254 valence electrons. The first kappa shape index (κ1) is 34.1. The van der Waals surface area contributed by atoms with Gasteiger partial charge >= 0.3 is 12.1 Å². The van der Waals surface area contributed by atoms with E-state index in [-0.39, 0.29) is 11.8 Å². The number of halogens is 4. The number of piperidine rings is 1. The van der Waals surface area contributed by atoms with Crippen molar-refractivity contribution in [1.29, 1.82) is 0 Å². The largest absolute Gasteiger partial charge is 0.497 e. The van der Waals surface area contributed by atoms with Crippen LogP contribution in [0.4, 0.5) is 23.4 Å². The van der Waals surface area contributed by atoms with Gasteiger partial charge in [0.1, 0.15) is 17.3 Å². The van der Waals surface area contributed by atoms with Crippen LogP contribution < -0.4 is 19.7 Å². The summed E-state index contributed by atoms with van der Waals surface area (Å²) in [5, 5.41) is 10.2. The number of carboxylic acid groups (broad SMARTS) is 1. The Morgan fingerprint density at radius 2 is 1.73 bits per heavy atom. The molecule has 0 spiro atoms. The number of hydrogen-bond donors (Lipinski definition) is 3. The number of alkyl halides is 3. The molecule has 11 nitrogen and oxygen atoms in total. The number of nitrogens with zero attached hydrogens (tertiary/aromatic N) is 4. The fourth-order valence-electron chi connectivity index (χ4n) is 5.04. The summed E-state index contributed by atoms with van der Waals surface area (Å²) in [6, 6.07) is 13.0. The zero-order valence-corrected chi connectivity index (χ0v) is 26.0. The second kappa shape index (κ2) is 15.1. The Hall–Kier alpha value is -5.21. The summed E-state index contributed by atoms with van der Waals surface area (Å²) in [4.78, 5) is 40.1. The number of imidazole rings is 1. The summed E-state index contributed by atoms with van der Waals surface area (Å²) in [6.45, 7) is 2.48. The number of benzene rings is 2. The molecule has 2 aromatic heterocycles. The maximum absolute atomic E-state index is 14.8. The Balaban J connectivity index is 0.000000582. The number of carbonyl (C=O) groups excluding carboxylic acids is 1. The van der Waals surface area contributed by atoms with E-state index < -0.39 is 18.0 Å². The molecular formula is C33H34F4N6O5. The molecule has 2 aromatic carbocycles. The van der Waals surface area contributed by atoms with Crippen molar-refractivity contribution in [3.8, 4) is 34.3 Å². The Morgan fingerprint density at radius 1 is 1.02 bits per heavy atom. The van der Waals surface area contributed by atoms with Gasteiger partial charge in [-0.15, -0.1) is 0 Å². The minimum absolute atomic E-state index is 0.161. The Morgan fingerprint density at radius 3 is 2.38 bits per heavy atom. The molecule has 1 aliphatic heterocycles. The smallest absolute Gasteiger partial charge is 0.490 e. The number of carbonyl (C=O) groups is 2. The molecule has 1 amide bonds. The maximum Gasteiger partial charge on any atom is 0.490 e. The van der Waals surface area contributed by atoms with Gasteiger partial charge in [0.15, 0.2) is 17.5 Å². The average molecular weight is 671 g/mol. The lowest BCUT2D eigenvalue weighted by molar-refractivity contribution is -0.192. The number of aromatic nitrogens is 4. The van der Waals surface area contributed by atoms with Gasteiger partial charge < -0.3 is 29.8 Å². The lowest BCUT2D eigenvalue weighted by atomic mass is 9.96. The van der Waals surface area contributed by atoms with Gasteiger partial charge in [-0.2, -0.15) is 13.2 Å². The predicted molar refractivity (Wildman–Crippen MR) is 167 cm³/mol. The molecular weight excluding hydrogens is 636 g/mol. The van der Waals surface area contributed by atoms with Gasteiger partial charge in [-0.05, 0) is 55.7 Å². The van der Waals surface area contributed by atoms with Crippen LogP contribution in [-0.2, 0) is 4.79 Å². The highest BCUT2D eigenvalue weighted by atomic mass is 19.4. The molecule has 15 heteroatoms. The predicted octanol–water partition coefficient (Wildman–Crippen LogP) is 5.75. The van der Waals surface area contributed by atoms with E-state index in [2.05, 4.69) is 25.3 Å². The van der Waals surface area contributed by atoms with E-state index in [1.54, 1.807) is 31.6 Å². The molecule has 0 atom stereocenters. The van der Waals surface area contributed by atoms with E-state index in [9.17, 15) is 22.4 Å². The first-order valence-electron chi connectivity index (χ1n) is 15.3. The Kier molecular flexibility index (Phi) is 10.8. The van der Waals surface area contributed by atoms with Gasteiger partial charge in [-0.25, -0.2) is 24.1 Å². The third-order valence-electron chi connectivity index (χ3n) is 7.89. The molecule has 0 unspecified atom stereocenters. The van der Waals surface area contributed by atoms with E-state index in [0.717, 1.165) is 29.8 Å². The first-order chi connectivity index (χ1) is 23.0. The first-order valence-corrected chi connectivity index (χ1v) is 15.3. The summed E-state index contributed by atoms with van der Waals surface area (Å²) < 4.78 is 57.8. The Labute approximate surface area is 273 Å². The van der Waals surface area contributed by atoms with Crippen molar-refractivity contribution in [2.75, 3.05) is 38.3 Å². The standard InChI is InChI=1S/C31H33FN6O3.C2HF3O2/c1-40-25-14-24(15-26(16-25)41-19-21-5-6-21)31(39)36-17-20-7-11-38(12-8-20)30-27(32)18-35-29(37-30)23-4-2-3-22(13-23)28-33-9-10-34-28;3-2(4,5)1(6)7/h2-4,9-10,13-16,18,20-21H,5-8,11-12,17,19H2,1H3,(H,33,34)(H,36,39);(H,6,7). The van der Waals surface area contributed by atoms with Crippen LogP contribution in [0.3, 0.4) is 0 Å². The van der Waals surface area contributed by atoms with Crippen LogP contribution >= 0.6 is 0 Å². The second-order valence-corrected chi connectivity index (χ2v) is 11.5. The summed E-state index contributed by atoms with van der Waals surface area (Å²) in [7, 11) is 1.58. The molecule has 0 radical (unpaired) electrons. The molecule has 3 N–H and O–H groups in total. The number of hydrogen-bond acceptors (Lipinski definition) is 8. The molecule has 2 fully saturated rings. The van der Waals surface area contributed by atoms with Gasteiger partial charge in [-0.1, -0.05) is 18.2 Å². The third kappa shape index (κ3) is 9.20. The van der Waals surface area contributed by atoms with Crippen LogP contribution in [0.2, 0.25) is 0 Å². The fourth-order valence-corrected chi connectivity index (χ4v) is 5.04.